The fraction of sp³-hybridized carbons (Fsp3) is 0.769. The molecule has 0 amide bonds. The van der Waals surface area contributed by atoms with Crippen molar-refractivity contribution in [3.05, 3.63) is 12.2 Å². The summed E-state index contributed by atoms with van der Waals surface area (Å²) in [7, 11) is 0. The Balaban J connectivity index is 2.14. The van der Waals surface area contributed by atoms with Crippen LogP contribution in [0, 0.1) is 22.7 Å². The first-order valence-electron chi connectivity index (χ1n) is 5.84. The molecular weight excluding hydrogens is 172 g/mol. The minimum Gasteiger partial charge on any atom is -0.294 e. The molecule has 0 N–H and O–H groups in total. The lowest BCUT2D eigenvalue weighted by atomic mass is 9.65. The van der Waals surface area contributed by atoms with E-state index in [4.69, 9.17) is 0 Å². The van der Waals surface area contributed by atoms with Crippen molar-refractivity contribution in [1.29, 1.82) is 0 Å². The highest BCUT2D eigenvalue weighted by atomic mass is 16.1. The molecule has 0 bridgehead atoms. The molecule has 2 fully saturated rings. The summed E-state index contributed by atoms with van der Waals surface area (Å²) in [4.78, 5) is 12.1. The molecule has 4 atom stereocenters. The zero-order valence-electron chi connectivity index (χ0n) is 9.05. The van der Waals surface area contributed by atoms with Gasteiger partial charge in [-0.1, -0.05) is 19.9 Å². The Labute approximate surface area is 85.6 Å². The summed E-state index contributed by atoms with van der Waals surface area (Å²) >= 11 is 0. The Bertz CT molecular complexity index is 330. The van der Waals surface area contributed by atoms with Gasteiger partial charge in [0.15, 0.2) is 5.78 Å². The molecule has 0 saturated heterocycles. The van der Waals surface area contributed by atoms with Gasteiger partial charge in [-0.25, -0.2) is 0 Å². The molecule has 0 aromatic heterocycles. The lowest BCUT2D eigenvalue weighted by Crippen LogP contribution is -2.38. The molecule has 0 radical (unpaired) electrons. The van der Waals surface area contributed by atoms with Crippen LogP contribution in [0.25, 0.3) is 0 Å². The Kier molecular flexibility index (Phi) is 1.44. The molecule has 14 heavy (non-hydrogen) atoms. The van der Waals surface area contributed by atoms with Crippen molar-refractivity contribution in [3.8, 4) is 0 Å². The van der Waals surface area contributed by atoms with E-state index in [-0.39, 0.29) is 10.8 Å². The van der Waals surface area contributed by atoms with Crippen LogP contribution < -0.4 is 0 Å². The molecule has 3 rings (SSSR count). The van der Waals surface area contributed by atoms with Crippen LogP contribution in [0.3, 0.4) is 0 Å². The van der Waals surface area contributed by atoms with Crippen molar-refractivity contribution in [3.63, 3.8) is 0 Å². The number of ketones is 1. The average molecular weight is 190 g/mol. The largest absolute Gasteiger partial charge is 0.294 e. The van der Waals surface area contributed by atoms with E-state index >= 15 is 0 Å². The van der Waals surface area contributed by atoms with Gasteiger partial charge in [0.05, 0.1) is 0 Å². The molecule has 1 heteroatoms. The molecule has 1 nitrogen and oxygen atoms in total. The van der Waals surface area contributed by atoms with Crippen LogP contribution in [-0.4, -0.2) is 5.78 Å². The summed E-state index contributed by atoms with van der Waals surface area (Å²) in [5, 5.41) is 0. The molecule has 0 aliphatic heterocycles. The molecule has 3 aliphatic carbocycles. The highest BCUT2D eigenvalue weighted by Crippen LogP contribution is 2.68. The number of hydrogen-bond donors (Lipinski definition) is 0. The van der Waals surface area contributed by atoms with E-state index in [1.807, 2.05) is 6.08 Å². The van der Waals surface area contributed by atoms with Crippen molar-refractivity contribution in [2.75, 3.05) is 0 Å². The second kappa shape index (κ2) is 2.32. The van der Waals surface area contributed by atoms with Crippen molar-refractivity contribution in [2.24, 2.45) is 22.7 Å². The maximum absolute atomic E-state index is 12.1. The van der Waals surface area contributed by atoms with Crippen LogP contribution in [0.1, 0.15) is 39.5 Å². The normalized spacial score (nSPS) is 55.1. The quantitative estimate of drug-likeness (QED) is 0.574. The first kappa shape index (κ1) is 8.70. The van der Waals surface area contributed by atoms with Gasteiger partial charge in [0, 0.05) is 5.41 Å². The van der Waals surface area contributed by atoms with E-state index in [0.29, 0.717) is 11.7 Å². The van der Waals surface area contributed by atoms with Crippen molar-refractivity contribution in [1.82, 2.24) is 0 Å². The Morgan fingerprint density at radius 2 is 2.14 bits per heavy atom. The molecular formula is C13H18O. The van der Waals surface area contributed by atoms with E-state index in [1.54, 1.807) is 0 Å². The lowest BCUT2D eigenvalue weighted by molar-refractivity contribution is -0.127. The molecule has 3 aliphatic rings. The van der Waals surface area contributed by atoms with E-state index in [0.717, 1.165) is 12.3 Å². The summed E-state index contributed by atoms with van der Waals surface area (Å²) in [6, 6.07) is 0. The van der Waals surface area contributed by atoms with Gasteiger partial charge in [-0.05, 0) is 49.0 Å². The average Bonchev–Trinajstić information content (AvgIpc) is 2.70. The molecule has 2 saturated carbocycles. The molecule has 76 valence electrons. The van der Waals surface area contributed by atoms with Crippen molar-refractivity contribution >= 4 is 5.78 Å². The Morgan fingerprint density at radius 1 is 1.36 bits per heavy atom. The summed E-state index contributed by atoms with van der Waals surface area (Å²) in [5.74, 6) is 1.88. The fourth-order valence-electron chi connectivity index (χ4n) is 4.47. The zero-order valence-corrected chi connectivity index (χ0v) is 9.05. The van der Waals surface area contributed by atoms with Crippen LogP contribution in [0.5, 0.6) is 0 Å². The van der Waals surface area contributed by atoms with E-state index < -0.39 is 0 Å². The maximum atomic E-state index is 12.1. The minimum absolute atomic E-state index is 0.0341. The smallest absolute Gasteiger partial charge is 0.162 e. The van der Waals surface area contributed by atoms with E-state index in [2.05, 4.69) is 19.9 Å². The van der Waals surface area contributed by atoms with Crippen LogP contribution in [0.15, 0.2) is 12.2 Å². The van der Waals surface area contributed by atoms with Crippen LogP contribution in [0.4, 0.5) is 0 Å². The number of hydrogen-bond acceptors (Lipinski definition) is 1. The summed E-state index contributed by atoms with van der Waals surface area (Å²) in [6.07, 6.45) is 8.96. The zero-order chi connectivity index (χ0) is 9.97. The third-order valence-electron chi connectivity index (χ3n) is 5.35. The van der Waals surface area contributed by atoms with Gasteiger partial charge in [0.1, 0.15) is 0 Å². The molecule has 0 unspecified atom stereocenters. The van der Waals surface area contributed by atoms with Crippen LogP contribution in [-0.2, 0) is 4.79 Å². The van der Waals surface area contributed by atoms with Gasteiger partial charge in [0.25, 0.3) is 0 Å². The van der Waals surface area contributed by atoms with Gasteiger partial charge in [-0.2, -0.15) is 0 Å². The van der Waals surface area contributed by atoms with Gasteiger partial charge in [0.2, 0.25) is 0 Å². The number of carbonyl (C=O) groups excluding carboxylic acids is 1. The summed E-state index contributed by atoms with van der Waals surface area (Å²) in [6.45, 7) is 4.63. The van der Waals surface area contributed by atoms with Crippen LogP contribution >= 0.6 is 0 Å². The highest BCUT2D eigenvalue weighted by molar-refractivity contribution is 5.99. The number of rotatable bonds is 0. The molecule has 1 spiro atoms. The second-order valence-electron chi connectivity index (χ2n) is 5.75. The van der Waals surface area contributed by atoms with Crippen molar-refractivity contribution in [2.45, 2.75) is 39.5 Å². The first-order chi connectivity index (χ1) is 6.60. The summed E-state index contributed by atoms with van der Waals surface area (Å²) < 4.78 is 0. The Hall–Kier alpha value is -0.590. The van der Waals surface area contributed by atoms with Crippen molar-refractivity contribution < 1.29 is 4.79 Å². The monoisotopic (exact) mass is 190 g/mol. The van der Waals surface area contributed by atoms with Gasteiger partial charge >= 0.3 is 0 Å². The number of allylic oxidation sites excluding steroid dienone is 2. The topological polar surface area (TPSA) is 17.1 Å². The third-order valence-corrected chi connectivity index (χ3v) is 5.35. The fourth-order valence-corrected chi connectivity index (χ4v) is 4.47. The van der Waals surface area contributed by atoms with Gasteiger partial charge in [-0.3, -0.25) is 4.79 Å². The first-order valence-corrected chi connectivity index (χ1v) is 5.84. The molecule has 0 aromatic carbocycles. The van der Waals surface area contributed by atoms with E-state index in [1.165, 1.54) is 19.3 Å². The predicted molar refractivity (Wildman–Crippen MR) is 55.8 cm³/mol. The predicted octanol–water partition coefficient (Wildman–Crippen LogP) is 2.96. The Morgan fingerprint density at radius 3 is 2.93 bits per heavy atom. The third kappa shape index (κ3) is 0.687. The standard InChI is InChI=1S/C13H18O/c1-9-3-8-13-10(9)4-6-12(13,2)7-5-11(13)14/h5,7,9-10H,3-4,6,8H2,1-2H3/t9-,10+,12+,13-/m1/s1. The molecule has 0 aromatic rings. The lowest BCUT2D eigenvalue weighted by Gasteiger charge is -2.36. The summed E-state index contributed by atoms with van der Waals surface area (Å²) in [5.41, 5.74) is 0.242. The SMILES string of the molecule is C[C@@H]1CC[C@@]23C(=O)C=C[C@]2(C)CC[C@@H]13. The minimum atomic E-state index is 0.0341. The van der Waals surface area contributed by atoms with Gasteiger partial charge in [-0.15, -0.1) is 0 Å². The highest BCUT2D eigenvalue weighted by Gasteiger charge is 2.65. The maximum Gasteiger partial charge on any atom is 0.162 e. The van der Waals surface area contributed by atoms with Crippen LogP contribution in [0.2, 0.25) is 0 Å². The second-order valence-corrected chi connectivity index (χ2v) is 5.75. The van der Waals surface area contributed by atoms with E-state index in [9.17, 15) is 4.79 Å². The molecule has 0 heterocycles. The number of carbonyl (C=O) groups is 1. The van der Waals surface area contributed by atoms with Gasteiger partial charge < -0.3 is 0 Å².